The van der Waals surface area contributed by atoms with Gasteiger partial charge < -0.3 is 5.73 Å². The number of hydrogen-bond donors (Lipinski definition) is 2. The first kappa shape index (κ1) is 16.4. The maximum Gasteiger partial charge on any atom is 0.239 e. The zero-order chi connectivity index (χ0) is 17.6. The lowest BCUT2D eigenvalue weighted by Gasteiger charge is -2.05. The Labute approximate surface area is 145 Å². The number of amides is 2. The molecule has 0 aliphatic heterocycles. The molecule has 2 amide bonds. The van der Waals surface area contributed by atoms with Crippen molar-refractivity contribution in [3.63, 3.8) is 0 Å². The van der Waals surface area contributed by atoms with Crippen molar-refractivity contribution < 1.29 is 9.59 Å². The van der Waals surface area contributed by atoms with Crippen LogP contribution >= 0.6 is 0 Å². The van der Waals surface area contributed by atoms with Crippen LogP contribution in [0.15, 0.2) is 67.3 Å². The van der Waals surface area contributed by atoms with E-state index in [-0.39, 0.29) is 18.7 Å². The molecule has 6 nitrogen and oxygen atoms in total. The first-order valence-corrected chi connectivity index (χ1v) is 7.89. The van der Waals surface area contributed by atoms with Gasteiger partial charge in [0.15, 0.2) is 0 Å². The molecule has 6 heteroatoms. The van der Waals surface area contributed by atoms with Gasteiger partial charge >= 0.3 is 0 Å². The van der Waals surface area contributed by atoms with Crippen LogP contribution in [0.2, 0.25) is 0 Å². The Kier molecular flexibility index (Phi) is 4.89. The molecule has 0 unspecified atom stereocenters. The Bertz CT molecular complexity index is 870. The normalized spacial score (nSPS) is 10.4. The fourth-order valence-corrected chi connectivity index (χ4v) is 2.47. The van der Waals surface area contributed by atoms with Crippen molar-refractivity contribution in [1.82, 2.24) is 9.66 Å². The Morgan fingerprint density at radius 2 is 1.48 bits per heavy atom. The standard InChI is InChI=1S/C19H18N4O2/c20-18(24)5-6-19(25)22-23-12-9-17(13-23)15-3-1-14(2-4-15)16-7-10-21-11-8-16/h1-4,7-13H,5-6H2,(H2,20,24)(H,22,25). The molecular formula is C19H18N4O2. The van der Waals surface area contributed by atoms with Gasteiger partial charge in [-0.15, -0.1) is 0 Å². The molecule has 0 fully saturated rings. The Morgan fingerprint density at radius 1 is 0.880 bits per heavy atom. The number of carbonyl (C=O) groups excluding carboxylic acids is 2. The molecule has 2 heterocycles. The van der Waals surface area contributed by atoms with E-state index in [1.165, 1.54) is 0 Å². The molecule has 0 aliphatic rings. The number of aromatic nitrogens is 2. The van der Waals surface area contributed by atoms with Gasteiger partial charge in [-0.2, -0.15) is 0 Å². The number of rotatable bonds is 6. The molecule has 3 N–H and O–H groups in total. The molecule has 0 radical (unpaired) electrons. The zero-order valence-electron chi connectivity index (χ0n) is 13.6. The molecule has 1 aromatic carbocycles. The third kappa shape index (κ3) is 4.32. The van der Waals surface area contributed by atoms with Gasteiger partial charge in [-0.25, -0.2) is 0 Å². The lowest BCUT2D eigenvalue weighted by Crippen LogP contribution is -2.23. The van der Waals surface area contributed by atoms with Gasteiger partial charge in [0.25, 0.3) is 0 Å². The fraction of sp³-hybridized carbons (Fsp3) is 0.105. The molecule has 126 valence electrons. The average molecular weight is 334 g/mol. The Hall–Kier alpha value is -3.41. The average Bonchev–Trinajstić information content (AvgIpc) is 3.09. The third-order valence-corrected chi connectivity index (χ3v) is 3.78. The Balaban J connectivity index is 1.68. The van der Waals surface area contributed by atoms with Crippen molar-refractivity contribution in [2.75, 3.05) is 5.43 Å². The highest BCUT2D eigenvalue weighted by atomic mass is 16.2. The SMILES string of the molecule is NC(=O)CCC(=O)Nn1ccc(-c2ccc(-c3ccncc3)cc2)c1. The second-order valence-corrected chi connectivity index (χ2v) is 5.62. The summed E-state index contributed by atoms with van der Waals surface area (Å²) in [6.45, 7) is 0. The number of nitrogens with zero attached hydrogens (tertiary/aromatic N) is 2. The van der Waals surface area contributed by atoms with E-state index < -0.39 is 5.91 Å². The minimum atomic E-state index is -0.488. The molecule has 0 saturated heterocycles. The van der Waals surface area contributed by atoms with E-state index in [1.807, 2.05) is 48.7 Å². The zero-order valence-corrected chi connectivity index (χ0v) is 13.6. The highest BCUT2D eigenvalue weighted by Gasteiger charge is 2.06. The molecule has 0 bridgehead atoms. The van der Waals surface area contributed by atoms with Gasteiger partial charge in [0.05, 0.1) is 0 Å². The van der Waals surface area contributed by atoms with Crippen molar-refractivity contribution in [2.24, 2.45) is 5.73 Å². The van der Waals surface area contributed by atoms with E-state index in [9.17, 15) is 9.59 Å². The lowest BCUT2D eigenvalue weighted by molar-refractivity contribution is -0.122. The molecule has 0 atom stereocenters. The molecule has 3 aromatic rings. The summed E-state index contributed by atoms with van der Waals surface area (Å²) in [4.78, 5) is 26.4. The third-order valence-electron chi connectivity index (χ3n) is 3.78. The number of pyridine rings is 1. The highest BCUT2D eigenvalue weighted by Crippen LogP contribution is 2.24. The monoisotopic (exact) mass is 334 g/mol. The second-order valence-electron chi connectivity index (χ2n) is 5.62. The topological polar surface area (TPSA) is 90.0 Å². The van der Waals surface area contributed by atoms with E-state index in [0.29, 0.717) is 0 Å². The predicted octanol–water partition coefficient (Wildman–Crippen LogP) is 2.55. The van der Waals surface area contributed by atoms with Crippen LogP contribution in [0.4, 0.5) is 0 Å². The second kappa shape index (κ2) is 7.44. The van der Waals surface area contributed by atoms with Crippen LogP contribution in [0, 0.1) is 0 Å². The summed E-state index contributed by atoms with van der Waals surface area (Å²) < 4.78 is 1.58. The number of benzene rings is 1. The van der Waals surface area contributed by atoms with Gasteiger partial charge in [0.1, 0.15) is 0 Å². The van der Waals surface area contributed by atoms with Crippen LogP contribution < -0.4 is 11.2 Å². The fourth-order valence-electron chi connectivity index (χ4n) is 2.47. The number of hydrogen-bond acceptors (Lipinski definition) is 3. The summed E-state index contributed by atoms with van der Waals surface area (Å²) >= 11 is 0. The van der Waals surface area contributed by atoms with Gasteiger partial charge in [0, 0.05) is 43.2 Å². The summed E-state index contributed by atoms with van der Waals surface area (Å²) in [7, 11) is 0. The van der Waals surface area contributed by atoms with E-state index in [0.717, 1.165) is 22.3 Å². The first-order valence-electron chi connectivity index (χ1n) is 7.89. The van der Waals surface area contributed by atoms with Gasteiger partial charge in [-0.05, 0) is 34.9 Å². The highest BCUT2D eigenvalue weighted by molar-refractivity contribution is 5.87. The molecule has 0 aliphatic carbocycles. The van der Waals surface area contributed by atoms with Gasteiger partial charge in [-0.3, -0.25) is 24.7 Å². The molecule has 0 saturated carbocycles. The maximum atomic E-state index is 11.7. The molecule has 3 rings (SSSR count). The smallest absolute Gasteiger partial charge is 0.239 e. The van der Waals surface area contributed by atoms with Crippen LogP contribution in [-0.4, -0.2) is 21.5 Å². The lowest BCUT2D eigenvalue weighted by atomic mass is 10.0. The predicted molar refractivity (Wildman–Crippen MR) is 95.9 cm³/mol. The van der Waals surface area contributed by atoms with E-state index in [1.54, 1.807) is 23.3 Å². The van der Waals surface area contributed by atoms with Crippen molar-refractivity contribution in [1.29, 1.82) is 0 Å². The summed E-state index contributed by atoms with van der Waals surface area (Å²) in [6, 6.07) is 14.0. The number of carbonyl (C=O) groups is 2. The Morgan fingerprint density at radius 3 is 2.12 bits per heavy atom. The summed E-state index contributed by atoms with van der Waals surface area (Å²) in [5.41, 5.74) is 12.0. The van der Waals surface area contributed by atoms with Crippen molar-refractivity contribution in [3.8, 4) is 22.3 Å². The minimum Gasteiger partial charge on any atom is -0.370 e. The van der Waals surface area contributed by atoms with Crippen LogP contribution in [0.3, 0.4) is 0 Å². The van der Waals surface area contributed by atoms with E-state index >= 15 is 0 Å². The maximum absolute atomic E-state index is 11.7. The van der Waals surface area contributed by atoms with Crippen molar-refractivity contribution in [3.05, 3.63) is 67.3 Å². The number of nitrogens with two attached hydrogens (primary N) is 1. The van der Waals surface area contributed by atoms with Crippen LogP contribution in [0.5, 0.6) is 0 Å². The molecule has 2 aromatic heterocycles. The number of primary amides is 1. The van der Waals surface area contributed by atoms with E-state index in [4.69, 9.17) is 5.73 Å². The number of nitrogens with one attached hydrogen (secondary N) is 1. The molecule has 0 spiro atoms. The quantitative estimate of drug-likeness (QED) is 0.726. The van der Waals surface area contributed by atoms with Crippen LogP contribution in [-0.2, 0) is 9.59 Å². The largest absolute Gasteiger partial charge is 0.370 e. The summed E-state index contributed by atoms with van der Waals surface area (Å²) in [5.74, 6) is -0.744. The van der Waals surface area contributed by atoms with Crippen molar-refractivity contribution >= 4 is 11.8 Å². The summed E-state index contributed by atoms with van der Waals surface area (Å²) in [5, 5.41) is 0. The first-order chi connectivity index (χ1) is 12.1. The van der Waals surface area contributed by atoms with Crippen molar-refractivity contribution in [2.45, 2.75) is 12.8 Å². The van der Waals surface area contributed by atoms with Crippen LogP contribution in [0.1, 0.15) is 12.8 Å². The van der Waals surface area contributed by atoms with Gasteiger partial charge in [0.2, 0.25) is 11.8 Å². The molecular weight excluding hydrogens is 316 g/mol. The summed E-state index contributed by atoms with van der Waals surface area (Å²) in [6.07, 6.45) is 7.23. The van der Waals surface area contributed by atoms with Gasteiger partial charge in [-0.1, -0.05) is 24.3 Å². The van der Waals surface area contributed by atoms with Crippen LogP contribution in [0.25, 0.3) is 22.3 Å². The van der Waals surface area contributed by atoms with E-state index in [2.05, 4.69) is 10.4 Å². The minimum absolute atomic E-state index is 0.0381. The molecule has 25 heavy (non-hydrogen) atoms.